The monoisotopic (exact) mass is 477 g/mol. The number of benzene rings is 2. The van der Waals surface area contributed by atoms with Crippen LogP contribution in [0.25, 0.3) is 0 Å². The highest BCUT2D eigenvalue weighted by Crippen LogP contribution is 2.28. The lowest BCUT2D eigenvalue weighted by Crippen LogP contribution is -2.36. The average Bonchev–Trinajstić information content (AvgIpc) is 3.07. The molecule has 0 aromatic heterocycles. The molecule has 1 heterocycles. The van der Waals surface area contributed by atoms with E-state index in [9.17, 15) is 13.2 Å². The van der Waals surface area contributed by atoms with Crippen molar-refractivity contribution in [2.45, 2.75) is 37.1 Å². The molecule has 3 rings (SSSR count). The number of sulfonamides is 1. The Morgan fingerprint density at radius 1 is 0.969 bits per heavy atom. The highest BCUT2D eigenvalue weighted by atomic mass is 35.5. The van der Waals surface area contributed by atoms with Crippen molar-refractivity contribution in [2.75, 3.05) is 40.3 Å². The molecule has 6 nitrogen and oxygen atoms in total. The van der Waals surface area contributed by atoms with Crippen molar-refractivity contribution in [3.05, 3.63) is 64.7 Å². The Morgan fingerprint density at radius 2 is 1.62 bits per heavy atom. The molecule has 0 bridgehead atoms. The number of rotatable bonds is 8. The molecule has 0 N–H and O–H groups in total. The summed E-state index contributed by atoms with van der Waals surface area (Å²) in [5, 5.41) is 0.147. The van der Waals surface area contributed by atoms with Crippen molar-refractivity contribution in [2.24, 2.45) is 0 Å². The molecule has 174 valence electrons. The van der Waals surface area contributed by atoms with E-state index in [2.05, 4.69) is 0 Å². The van der Waals surface area contributed by atoms with Gasteiger partial charge in [-0.3, -0.25) is 4.79 Å². The zero-order valence-electron chi connectivity index (χ0n) is 18.8. The lowest BCUT2D eigenvalue weighted by molar-refractivity contribution is 0.0731. The van der Waals surface area contributed by atoms with E-state index in [1.165, 1.54) is 16.4 Å². The van der Waals surface area contributed by atoms with Crippen LogP contribution in [0.1, 0.15) is 41.6 Å². The fourth-order valence-electron chi connectivity index (χ4n) is 3.81. The first-order valence-electron chi connectivity index (χ1n) is 11.1. The number of carbonyl (C=O) groups excluding carboxylic acids is 1. The molecule has 1 fully saturated rings. The van der Waals surface area contributed by atoms with Crippen LogP contribution in [0.4, 0.5) is 0 Å². The van der Waals surface area contributed by atoms with Crippen LogP contribution < -0.4 is 0 Å². The molecule has 1 saturated heterocycles. The van der Waals surface area contributed by atoms with E-state index in [0.29, 0.717) is 38.3 Å². The molecule has 1 aliphatic rings. The summed E-state index contributed by atoms with van der Waals surface area (Å²) in [5.74, 6) is -0.209. The predicted molar refractivity (Wildman–Crippen MR) is 128 cm³/mol. The third-order valence-electron chi connectivity index (χ3n) is 5.68. The second-order valence-corrected chi connectivity index (χ2v) is 10.8. The standard InChI is InChI=1S/C24H32ClN3O3S/c1-26(2)16-17-27(19-20-10-6-5-7-11-20)24(29)21-12-13-22(25)23(18-21)32(30,31)28-14-8-3-4-9-15-28/h5-7,10-13,18H,3-4,8-9,14-17,19H2,1-2H3. The Labute approximate surface area is 196 Å². The maximum atomic E-state index is 13.4. The molecule has 0 aliphatic carbocycles. The van der Waals surface area contributed by atoms with Gasteiger partial charge in [0, 0.05) is 38.3 Å². The summed E-state index contributed by atoms with van der Waals surface area (Å²) in [7, 11) is 0.155. The van der Waals surface area contributed by atoms with Gasteiger partial charge in [-0.2, -0.15) is 4.31 Å². The molecule has 1 amide bonds. The molecule has 0 radical (unpaired) electrons. The molecule has 0 atom stereocenters. The van der Waals surface area contributed by atoms with Gasteiger partial charge in [0.25, 0.3) is 5.91 Å². The van der Waals surface area contributed by atoms with Crippen LogP contribution in [-0.4, -0.2) is 68.7 Å². The molecule has 0 spiro atoms. The molecule has 0 unspecified atom stereocenters. The second-order valence-electron chi connectivity index (χ2n) is 8.48. The van der Waals surface area contributed by atoms with E-state index in [4.69, 9.17) is 11.6 Å². The van der Waals surface area contributed by atoms with Crippen molar-refractivity contribution < 1.29 is 13.2 Å². The van der Waals surface area contributed by atoms with Gasteiger partial charge in [0.2, 0.25) is 10.0 Å². The third-order valence-corrected chi connectivity index (χ3v) is 8.06. The molecule has 2 aromatic rings. The first-order valence-corrected chi connectivity index (χ1v) is 12.9. The summed E-state index contributed by atoms with van der Waals surface area (Å²) < 4.78 is 28.1. The van der Waals surface area contributed by atoms with E-state index >= 15 is 0 Å². The van der Waals surface area contributed by atoms with Crippen LogP contribution in [0.3, 0.4) is 0 Å². The topological polar surface area (TPSA) is 60.9 Å². The molecular weight excluding hydrogens is 446 g/mol. The Balaban J connectivity index is 1.90. The van der Waals surface area contributed by atoms with Crippen molar-refractivity contribution >= 4 is 27.5 Å². The lowest BCUT2D eigenvalue weighted by atomic mass is 10.1. The van der Waals surface area contributed by atoms with Crippen LogP contribution in [0.15, 0.2) is 53.4 Å². The summed E-state index contributed by atoms with van der Waals surface area (Å²) in [5.41, 5.74) is 1.35. The first kappa shape index (κ1) is 24.7. The number of carbonyl (C=O) groups is 1. The highest BCUT2D eigenvalue weighted by molar-refractivity contribution is 7.89. The van der Waals surface area contributed by atoms with Gasteiger partial charge >= 0.3 is 0 Å². The minimum Gasteiger partial charge on any atom is -0.333 e. The molecular formula is C24H32ClN3O3S. The van der Waals surface area contributed by atoms with Crippen LogP contribution >= 0.6 is 11.6 Å². The third kappa shape index (κ3) is 6.32. The van der Waals surface area contributed by atoms with Crippen molar-refractivity contribution in [3.8, 4) is 0 Å². The summed E-state index contributed by atoms with van der Waals surface area (Å²) >= 11 is 6.32. The summed E-state index contributed by atoms with van der Waals surface area (Å²) in [6, 6.07) is 14.4. The number of likely N-dealkylation sites (N-methyl/N-ethyl adjacent to an activating group) is 1. The Hall–Kier alpha value is -1.93. The smallest absolute Gasteiger partial charge is 0.254 e. The predicted octanol–water partition coefficient (Wildman–Crippen LogP) is 4.11. The van der Waals surface area contributed by atoms with E-state index in [-0.39, 0.29) is 15.8 Å². The maximum absolute atomic E-state index is 13.4. The maximum Gasteiger partial charge on any atom is 0.254 e. The number of halogens is 1. The summed E-state index contributed by atoms with van der Waals surface area (Å²) in [4.78, 5) is 17.2. The van der Waals surface area contributed by atoms with E-state index < -0.39 is 10.0 Å². The molecule has 32 heavy (non-hydrogen) atoms. The summed E-state index contributed by atoms with van der Waals surface area (Å²) in [6.07, 6.45) is 3.73. The van der Waals surface area contributed by atoms with E-state index in [0.717, 1.165) is 31.2 Å². The fraction of sp³-hybridized carbons (Fsp3) is 0.458. The van der Waals surface area contributed by atoms with Crippen molar-refractivity contribution in [3.63, 3.8) is 0 Å². The van der Waals surface area contributed by atoms with E-state index in [1.807, 2.05) is 49.3 Å². The molecule has 0 saturated carbocycles. The van der Waals surface area contributed by atoms with Gasteiger partial charge in [-0.05, 0) is 50.7 Å². The van der Waals surface area contributed by atoms with Gasteiger partial charge in [-0.25, -0.2) is 8.42 Å². The fourth-order valence-corrected chi connectivity index (χ4v) is 5.83. The number of nitrogens with zero attached hydrogens (tertiary/aromatic N) is 3. The Morgan fingerprint density at radius 3 is 2.25 bits per heavy atom. The zero-order valence-corrected chi connectivity index (χ0v) is 20.4. The van der Waals surface area contributed by atoms with Crippen LogP contribution in [0.5, 0.6) is 0 Å². The van der Waals surface area contributed by atoms with Gasteiger partial charge in [-0.1, -0.05) is 54.8 Å². The van der Waals surface area contributed by atoms with Crippen LogP contribution in [0.2, 0.25) is 5.02 Å². The summed E-state index contributed by atoms with van der Waals surface area (Å²) in [6.45, 7) is 2.65. The quantitative estimate of drug-likeness (QED) is 0.574. The van der Waals surface area contributed by atoms with Crippen molar-refractivity contribution in [1.29, 1.82) is 0 Å². The molecule has 1 aliphatic heterocycles. The largest absolute Gasteiger partial charge is 0.333 e. The van der Waals surface area contributed by atoms with Gasteiger partial charge in [0.15, 0.2) is 0 Å². The zero-order chi connectivity index (χ0) is 23.1. The van der Waals surface area contributed by atoms with E-state index in [1.54, 1.807) is 11.0 Å². The second kappa shape index (κ2) is 11.3. The minimum atomic E-state index is -3.76. The number of hydrogen-bond donors (Lipinski definition) is 0. The van der Waals surface area contributed by atoms with Gasteiger partial charge in [0.1, 0.15) is 4.90 Å². The SMILES string of the molecule is CN(C)CCN(Cc1ccccc1)C(=O)c1ccc(Cl)c(S(=O)(=O)N2CCCCCC2)c1. The van der Waals surface area contributed by atoms with Gasteiger partial charge in [-0.15, -0.1) is 0 Å². The molecule has 2 aromatic carbocycles. The lowest BCUT2D eigenvalue weighted by Gasteiger charge is -2.25. The normalized spacial score (nSPS) is 15.5. The number of amides is 1. The highest BCUT2D eigenvalue weighted by Gasteiger charge is 2.29. The van der Waals surface area contributed by atoms with Gasteiger partial charge < -0.3 is 9.80 Å². The minimum absolute atomic E-state index is 0.0131. The van der Waals surface area contributed by atoms with Crippen molar-refractivity contribution in [1.82, 2.24) is 14.1 Å². The van der Waals surface area contributed by atoms with Crippen LogP contribution in [0, 0.1) is 0 Å². The average molecular weight is 478 g/mol. The Kier molecular flexibility index (Phi) is 8.71. The molecule has 8 heteroatoms. The van der Waals surface area contributed by atoms with Gasteiger partial charge in [0.05, 0.1) is 5.02 Å². The van der Waals surface area contributed by atoms with Crippen LogP contribution in [-0.2, 0) is 16.6 Å². The Bertz CT molecular complexity index is 1000. The first-order chi connectivity index (χ1) is 15.3. The number of hydrogen-bond acceptors (Lipinski definition) is 4.